The summed E-state index contributed by atoms with van der Waals surface area (Å²) in [5.74, 6) is -0.664. The average molecular weight is 248 g/mol. The molecule has 5 nitrogen and oxygen atoms in total. The fourth-order valence-corrected chi connectivity index (χ4v) is 1.63. The predicted molar refractivity (Wildman–Crippen MR) is 66.7 cm³/mol. The van der Waals surface area contributed by atoms with Gasteiger partial charge >= 0.3 is 0 Å². The van der Waals surface area contributed by atoms with E-state index < -0.39 is 11.7 Å². The van der Waals surface area contributed by atoms with Crippen molar-refractivity contribution in [2.24, 2.45) is 7.05 Å². The maximum atomic E-state index is 13.5. The molecule has 0 atom stereocenters. The van der Waals surface area contributed by atoms with E-state index in [0.29, 0.717) is 11.5 Å². The van der Waals surface area contributed by atoms with Gasteiger partial charge in [-0.05, 0) is 25.1 Å². The Hall–Kier alpha value is -2.37. The van der Waals surface area contributed by atoms with Gasteiger partial charge in [-0.15, -0.1) is 0 Å². The van der Waals surface area contributed by atoms with Crippen molar-refractivity contribution in [2.45, 2.75) is 6.92 Å². The molecule has 0 spiro atoms. The summed E-state index contributed by atoms with van der Waals surface area (Å²) in [7, 11) is 1.69. The summed E-state index contributed by atoms with van der Waals surface area (Å²) in [6.45, 7) is 1.80. The minimum atomic E-state index is -0.611. The lowest BCUT2D eigenvalue weighted by Gasteiger charge is -2.06. The van der Waals surface area contributed by atoms with Crippen molar-refractivity contribution in [1.29, 1.82) is 0 Å². The second-order valence-electron chi connectivity index (χ2n) is 3.99. The van der Waals surface area contributed by atoms with Crippen LogP contribution in [0.2, 0.25) is 0 Å². The molecular weight excluding hydrogens is 235 g/mol. The van der Waals surface area contributed by atoms with Crippen LogP contribution in [0.5, 0.6) is 0 Å². The number of hydrogen-bond acceptors (Lipinski definition) is 3. The van der Waals surface area contributed by atoms with Crippen LogP contribution >= 0.6 is 0 Å². The lowest BCUT2D eigenvalue weighted by Crippen LogP contribution is -2.16. The maximum absolute atomic E-state index is 13.5. The van der Waals surface area contributed by atoms with E-state index in [1.807, 2.05) is 0 Å². The average Bonchev–Trinajstić information content (AvgIpc) is 2.61. The van der Waals surface area contributed by atoms with Gasteiger partial charge in [-0.3, -0.25) is 9.48 Å². The third-order valence-electron chi connectivity index (χ3n) is 2.48. The number of nitrogens with two attached hydrogens (primary N) is 1. The topological polar surface area (TPSA) is 72.9 Å². The van der Waals surface area contributed by atoms with Crippen LogP contribution < -0.4 is 11.1 Å². The zero-order chi connectivity index (χ0) is 13.3. The van der Waals surface area contributed by atoms with Crippen LogP contribution in [0.4, 0.5) is 15.9 Å². The second kappa shape index (κ2) is 4.48. The number of aryl methyl sites for hydroxylation is 2. The Morgan fingerprint density at radius 1 is 1.44 bits per heavy atom. The minimum absolute atomic E-state index is 0.0890. The smallest absolute Gasteiger partial charge is 0.259 e. The van der Waals surface area contributed by atoms with Gasteiger partial charge in [-0.2, -0.15) is 5.10 Å². The Morgan fingerprint density at radius 3 is 2.78 bits per heavy atom. The van der Waals surface area contributed by atoms with Gasteiger partial charge in [-0.25, -0.2) is 4.39 Å². The van der Waals surface area contributed by atoms with Crippen LogP contribution in [0.25, 0.3) is 0 Å². The highest BCUT2D eigenvalue weighted by atomic mass is 19.1. The summed E-state index contributed by atoms with van der Waals surface area (Å²) in [6, 6.07) is 5.56. The molecule has 3 N–H and O–H groups in total. The molecule has 1 amide bonds. The fraction of sp³-hybridized carbons (Fsp3) is 0.167. The van der Waals surface area contributed by atoms with Crippen LogP contribution in [-0.2, 0) is 7.05 Å². The molecule has 0 aliphatic rings. The molecule has 18 heavy (non-hydrogen) atoms. The van der Waals surface area contributed by atoms with Crippen molar-refractivity contribution in [1.82, 2.24) is 9.78 Å². The number of halogens is 1. The van der Waals surface area contributed by atoms with E-state index in [0.717, 1.165) is 5.69 Å². The number of rotatable bonds is 2. The van der Waals surface area contributed by atoms with Gasteiger partial charge in [0.1, 0.15) is 11.6 Å². The molecule has 2 rings (SSSR count). The molecular formula is C12H13FN4O. The fourth-order valence-electron chi connectivity index (χ4n) is 1.63. The quantitative estimate of drug-likeness (QED) is 0.794. The number of hydrogen-bond donors (Lipinski definition) is 2. The van der Waals surface area contributed by atoms with Crippen LogP contribution in [-0.4, -0.2) is 15.7 Å². The molecule has 0 radical (unpaired) electrons. The first kappa shape index (κ1) is 12.1. The van der Waals surface area contributed by atoms with Gasteiger partial charge in [-0.1, -0.05) is 0 Å². The number of carbonyl (C=O) groups excluding carboxylic acids is 1. The highest BCUT2D eigenvalue weighted by Gasteiger charge is 2.14. The van der Waals surface area contributed by atoms with Gasteiger partial charge in [0.15, 0.2) is 0 Å². The van der Waals surface area contributed by atoms with E-state index in [2.05, 4.69) is 10.4 Å². The zero-order valence-electron chi connectivity index (χ0n) is 10.1. The molecule has 0 fully saturated rings. The molecule has 1 heterocycles. The lowest BCUT2D eigenvalue weighted by atomic mass is 10.2. The predicted octanol–water partition coefficient (Wildman–Crippen LogP) is 1.70. The number of amides is 1. The summed E-state index contributed by atoms with van der Waals surface area (Å²) in [4.78, 5) is 11.9. The summed E-state index contributed by atoms with van der Waals surface area (Å²) in [6.07, 6.45) is 0. The lowest BCUT2D eigenvalue weighted by molar-refractivity contribution is 0.102. The standard InChI is InChI=1S/C12H13FN4O/c1-7-5-11(17(2)16-7)15-12(18)9-6-8(14)3-4-10(9)13/h3-6H,14H2,1-2H3,(H,15,18). The molecule has 0 aliphatic heterocycles. The van der Waals surface area contributed by atoms with Crippen LogP contribution in [0.15, 0.2) is 24.3 Å². The Kier molecular flexibility index (Phi) is 3.01. The molecule has 0 unspecified atom stereocenters. The number of nitrogen functional groups attached to an aromatic ring is 1. The molecule has 0 saturated carbocycles. The number of nitrogens with zero attached hydrogens (tertiary/aromatic N) is 2. The normalized spacial score (nSPS) is 10.4. The van der Waals surface area contributed by atoms with E-state index in [1.165, 1.54) is 22.9 Å². The summed E-state index contributed by atoms with van der Waals surface area (Å²) in [5.41, 5.74) is 6.54. The Balaban J connectivity index is 2.27. The Labute approximate surface area is 103 Å². The van der Waals surface area contributed by atoms with Gasteiger partial charge in [0, 0.05) is 18.8 Å². The highest BCUT2D eigenvalue weighted by molar-refractivity contribution is 6.04. The molecule has 1 aromatic heterocycles. The van der Waals surface area contributed by atoms with E-state index >= 15 is 0 Å². The molecule has 0 bridgehead atoms. The first-order chi connectivity index (χ1) is 8.47. The molecule has 1 aromatic carbocycles. The first-order valence-electron chi connectivity index (χ1n) is 5.34. The maximum Gasteiger partial charge on any atom is 0.259 e. The molecule has 6 heteroatoms. The highest BCUT2D eigenvalue weighted by Crippen LogP contribution is 2.15. The summed E-state index contributed by atoms with van der Waals surface area (Å²) < 4.78 is 15.0. The SMILES string of the molecule is Cc1cc(NC(=O)c2cc(N)ccc2F)n(C)n1. The van der Waals surface area contributed by atoms with Crippen LogP contribution in [0.1, 0.15) is 16.1 Å². The number of anilines is 2. The molecule has 94 valence electrons. The van der Waals surface area contributed by atoms with E-state index in [1.54, 1.807) is 20.0 Å². The summed E-state index contributed by atoms with van der Waals surface area (Å²) >= 11 is 0. The molecule has 0 aliphatic carbocycles. The van der Waals surface area contributed by atoms with Gasteiger partial charge in [0.2, 0.25) is 0 Å². The summed E-state index contributed by atoms with van der Waals surface area (Å²) in [5, 5.41) is 6.66. The van der Waals surface area contributed by atoms with E-state index in [4.69, 9.17) is 5.73 Å². The number of nitrogens with one attached hydrogen (secondary N) is 1. The first-order valence-corrected chi connectivity index (χ1v) is 5.34. The minimum Gasteiger partial charge on any atom is -0.399 e. The number of carbonyl (C=O) groups is 1. The van der Waals surface area contributed by atoms with Crippen molar-refractivity contribution >= 4 is 17.4 Å². The number of benzene rings is 1. The van der Waals surface area contributed by atoms with Crippen LogP contribution in [0.3, 0.4) is 0 Å². The number of aromatic nitrogens is 2. The third-order valence-corrected chi connectivity index (χ3v) is 2.48. The van der Waals surface area contributed by atoms with Gasteiger partial charge in [0.25, 0.3) is 5.91 Å². The molecule has 0 saturated heterocycles. The van der Waals surface area contributed by atoms with Crippen molar-refractivity contribution in [3.63, 3.8) is 0 Å². The van der Waals surface area contributed by atoms with Crippen molar-refractivity contribution in [3.8, 4) is 0 Å². The van der Waals surface area contributed by atoms with Crippen molar-refractivity contribution < 1.29 is 9.18 Å². The van der Waals surface area contributed by atoms with E-state index in [9.17, 15) is 9.18 Å². The Bertz CT molecular complexity index is 606. The monoisotopic (exact) mass is 248 g/mol. The second-order valence-corrected chi connectivity index (χ2v) is 3.99. The van der Waals surface area contributed by atoms with Gasteiger partial charge in [0.05, 0.1) is 11.3 Å². The van der Waals surface area contributed by atoms with Crippen LogP contribution in [0, 0.1) is 12.7 Å². The van der Waals surface area contributed by atoms with Gasteiger partial charge < -0.3 is 11.1 Å². The largest absolute Gasteiger partial charge is 0.399 e. The van der Waals surface area contributed by atoms with Crippen molar-refractivity contribution in [2.75, 3.05) is 11.1 Å². The Morgan fingerprint density at radius 2 is 2.17 bits per heavy atom. The van der Waals surface area contributed by atoms with Crippen molar-refractivity contribution in [3.05, 3.63) is 41.3 Å². The third kappa shape index (κ3) is 2.32. The van der Waals surface area contributed by atoms with E-state index in [-0.39, 0.29) is 5.56 Å². The zero-order valence-corrected chi connectivity index (χ0v) is 10.1. The molecule has 2 aromatic rings.